The second kappa shape index (κ2) is 4.60. The summed E-state index contributed by atoms with van der Waals surface area (Å²) in [4.78, 5) is 0. The molecule has 0 bridgehead atoms. The van der Waals surface area contributed by atoms with Gasteiger partial charge in [0.05, 0.1) is 6.10 Å². The Labute approximate surface area is 108 Å². The lowest BCUT2D eigenvalue weighted by Gasteiger charge is -2.49. The van der Waals surface area contributed by atoms with E-state index in [1.165, 1.54) is 5.56 Å². The number of benzene rings is 1. The lowest BCUT2D eigenvalue weighted by atomic mass is 9.64. The maximum absolute atomic E-state index is 9.66. The van der Waals surface area contributed by atoms with Crippen molar-refractivity contribution >= 4 is 11.6 Å². The van der Waals surface area contributed by atoms with Gasteiger partial charge in [-0.25, -0.2) is 0 Å². The van der Waals surface area contributed by atoms with E-state index in [0.717, 1.165) is 23.6 Å². The van der Waals surface area contributed by atoms with Crippen LogP contribution in [-0.2, 0) is 6.54 Å². The Balaban J connectivity index is 1.93. The fraction of sp³-hybridized carbons (Fsp3) is 0.571. The molecule has 1 saturated carbocycles. The molecule has 2 rings (SSSR count). The zero-order valence-corrected chi connectivity index (χ0v) is 11.4. The third kappa shape index (κ3) is 2.49. The molecular formula is C14H20ClNO. The summed E-state index contributed by atoms with van der Waals surface area (Å²) in [5.41, 5.74) is 2.28. The van der Waals surface area contributed by atoms with Crippen LogP contribution < -0.4 is 5.32 Å². The molecule has 17 heavy (non-hydrogen) atoms. The first-order valence-corrected chi connectivity index (χ1v) is 6.45. The van der Waals surface area contributed by atoms with Gasteiger partial charge in [0.2, 0.25) is 0 Å². The van der Waals surface area contributed by atoms with Crippen molar-refractivity contribution in [2.75, 3.05) is 0 Å². The van der Waals surface area contributed by atoms with Crippen LogP contribution in [0.2, 0.25) is 5.02 Å². The third-order valence-electron chi connectivity index (χ3n) is 4.00. The Morgan fingerprint density at radius 2 is 2.18 bits per heavy atom. The van der Waals surface area contributed by atoms with Crippen LogP contribution >= 0.6 is 11.6 Å². The normalized spacial score (nSPS) is 26.6. The van der Waals surface area contributed by atoms with E-state index in [2.05, 4.69) is 25.2 Å². The summed E-state index contributed by atoms with van der Waals surface area (Å²) in [5, 5.41) is 14.0. The van der Waals surface area contributed by atoms with Crippen LogP contribution in [0, 0.1) is 12.3 Å². The maximum Gasteiger partial charge on any atom is 0.0621 e. The summed E-state index contributed by atoms with van der Waals surface area (Å²) >= 11 is 6.09. The minimum absolute atomic E-state index is 0.0194. The van der Waals surface area contributed by atoms with E-state index in [-0.39, 0.29) is 11.5 Å². The fourth-order valence-corrected chi connectivity index (χ4v) is 2.44. The van der Waals surface area contributed by atoms with Gasteiger partial charge in [0.15, 0.2) is 0 Å². The van der Waals surface area contributed by atoms with Gasteiger partial charge in [-0.3, -0.25) is 0 Å². The predicted octanol–water partition coefficient (Wildman–Crippen LogP) is 2.90. The van der Waals surface area contributed by atoms with E-state index >= 15 is 0 Å². The van der Waals surface area contributed by atoms with Crippen LogP contribution in [0.1, 0.15) is 31.4 Å². The third-order valence-corrected chi connectivity index (χ3v) is 4.41. The van der Waals surface area contributed by atoms with E-state index in [1.807, 2.05) is 19.1 Å². The zero-order valence-electron chi connectivity index (χ0n) is 10.6. The molecule has 0 aromatic heterocycles. The molecule has 0 amide bonds. The first-order valence-electron chi connectivity index (χ1n) is 6.07. The van der Waals surface area contributed by atoms with Crippen LogP contribution in [0.15, 0.2) is 18.2 Å². The van der Waals surface area contributed by atoms with Crippen molar-refractivity contribution in [1.29, 1.82) is 0 Å². The van der Waals surface area contributed by atoms with Crippen LogP contribution in [0.5, 0.6) is 0 Å². The Bertz CT molecular complexity index is 417. The number of nitrogens with one attached hydrogen (secondary N) is 1. The molecule has 0 saturated heterocycles. The molecule has 1 aromatic rings. The fourth-order valence-electron chi connectivity index (χ4n) is 2.24. The van der Waals surface area contributed by atoms with E-state index in [0.29, 0.717) is 6.04 Å². The molecule has 2 atom stereocenters. The highest BCUT2D eigenvalue weighted by Crippen LogP contribution is 2.40. The van der Waals surface area contributed by atoms with Crippen LogP contribution in [0.25, 0.3) is 0 Å². The molecule has 2 nitrogen and oxygen atoms in total. The molecule has 1 aliphatic carbocycles. The van der Waals surface area contributed by atoms with Crippen LogP contribution in [0.4, 0.5) is 0 Å². The number of aryl methyl sites for hydroxylation is 1. The number of aliphatic hydroxyl groups excluding tert-OH is 1. The van der Waals surface area contributed by atoms with Gasteiger partial charge >= 0.3 is 0 Å². The lowest BCUT2D eigenvalue weighted by Crippen LogP contribution is -2.59. The van der Waals surface area contributed by atoms with Crippen molar-refractivity contribution in [3.63, 3.8) is 0 Å². The monoisotopic (exact) mass is 253 g/mol. The Kier molecular flexibility index (Phi) is 3.48. The minimum atomic E-state index is -0.179. The van der Waals surface area contributed by atoms with Crippen molar-refractivity contribution in [3.8, 4) is 0 Å². The van der Waals surface area contributed by atoms with E-state index in [9.17, 15) is 5.11 Å². The summed E-state index contributed by atoms with van der Waals surface area (Å²) in [7, 11) is 0. The number of hydrogen-bond donors (Lipinski definition) is 2. The average molecular weight is 254 g/mol. The molecule has 2 N–H and O–H groups in total. The van der Waals surface area contributed by atoms with Gasteiger partial charge in [0.25, 0.3) is 0 Å². The van der Waals surface area contributed by atoms with Gasteiger partial charge < -0.3 is 10.4 Å². The molecule has 2 unspecified atom stereocenters. The van der Waals surface area contributed by atoms with Crippen molar-refractivity contribution < 1.29 is 5.11 Å². The molecule has 0 heterocycles. The lowest BCUT2D eigenvalue weighted by molar-refractivity contribution is -0.0729. The number of hydrogen-bond acceptors (Lipinski definition) is 2. The van der Waals surface area contributed by atoms with E-state index in [4.69, 9.17) is 11.6 Å². The summed E-state index contributed by atoms with van der Waals surface area (Å²) in [6, 6.07) is 6.53. The quantitative estimate of drug-likeness (QED) is 0.868. The van der Waals surface area contributed by atoms with Gasteiger partial charge in [0, 0.05) is 23.0 Å². The van der Waals surface area contributed by atoms with Crippen LogP contribution in [0.3, 0.4) is 0 Å². The van der Waals surface area contributed by atoms with E-state index < -0.39 is 0 Å². The summed E-state index contributed by atoms with van der Waals surface area (Å²) in [6.07, 6.45) is 0.661. The smallest absolute Gasteiger partial charge is 0.0621 e. The van der Waals surface area contributed by atoms with E-state index in [1.54, 1.807) is 0 Å². The molecule has 0 spiro atoms. The SMILES string of the molecule is Cc1ccc(CNC2CC(O)C2(C)C)cc1Cl. The van der Waals surface area contributed by atoms with Gasteiger partial charge in [0.1, 0.15) is 0 Å². The first-order chi connectivity index (χ1) is 7.91. The van der Waals surface area contributed by atoms with Crippen molar-refractivity contribution in [1.82, 2.24) is 5.32 Å². The number of rotatable bonds is 3. The van der Waals surface area contributed by atoms with Crippen molar-refractivity contribution in [2.45, 2.75) is 45.9 Å². The largest absolute Gasteiger partial charge is 0.392 e. The molecule has 1 fully saturated rings. The molecule has 1 aromatic carbocycles. The van der Waals surface area contributed by atoms with Gasteiger partial charge in [-0.05, 0) is 30.5 Å². The predicted molar refractivity (Wildman–Crippen MR) is 71.2 cm³/mol. The number of halogens is 1. The molecule has 94 valence electrons. The highest BCUT2D eigenvalue weighted by atomic mass is 35.5. The number of aliphatic hydroxyl groups is 1. The Morgan fingerprint density at radius 1 is 1.47 bits per heavy atom. The summed E-state index contributed by atoms with van der Waals surface area (Å²) in [6.45, 7) is 7.01. The average Bonchev–Trinajstić information content (AvgIpc) is 2.28. The zero-order chi connectivity index (χ0) is 12.6. The highest BCUT2D eigenvalue weighted by molar-refractivity contribution is 6.31. The summed E-state index contributed by atoms with van der Waals surface area (Å²) in [5.74, 6) is 0. The molecule has 0 radical (unpaired) electrons. The molecule has 0 aliphatic heterocycles. The highest BCUT2D eigenvalue weighted by Gasteiger charge is 2.46. The molecule has 3 heteroatoms. The topological polar surface area (TPSA) is 32.3 Å². The summed E-state index contributed by atoms with van der Waals surface area (Å²) < 4.78 is 0. The van der Waals surface area contributed by atoms with Gasteiger partial charge in [-0.1, -0.05) is 37.6 Å². The van der Waals surface area contributed by atoms with Crippen molar-refractivity contribution in [2.24, 2.45) is 5.41 Å². The first kappa shape index (κ1) is 12.9. The molecular weight excluding hydrogens is 234 g/mol. The standard InChI is InChI=1S/C14H20ClNO/c1-9-4-5-10(6-11(9)15)8-16-12-7-13(17)14(12,2)3/h4-6,12-13,16-17H,7-8H2,1-3H3. The maximum atomic E-state index is 9.66. The Morgan fingerprint density at radius 3 is 2.71 bits per heavy atom. The Hall–Kier alpha value is -0.570. The molecule has 1 aliphatic rings. The van der Waals surface area contributed by atoms with Gasteiger partial charge in [-0.2, -0.15) is 0 Å². The van der Waals surface area contributed by atoms with Crippen molar-refractivity contribution in [3.05, 3.63) is 34.3 Å². The second-order valence-electron chi connectivity index (χ2n) is 5.59. The second-order valence-corrected chi connectivity index (χ2v) is 6.00. The van der Waals surface area contributed by atoms with Crippen LogP contribution in [-0.4, -0.2) is 17.3 Å². The minimum Gasteiger partial charge on any atom is -0.392 e. The van der Waals surface area contributed by atoms with Gasteiger partial charge in [-0.15, -0.1) is 0 Å².